The third-order valence-corrected chi connectivity index (χ3v) is 28.9. The summed E-state index contributed by atoms with van der Waals surface area (Å²) in [6.45, 7) is 36.4. The van der Waals surface area contributed by atoms with Gasteiger partial charge in [0.1, 0.15) is 46.1 Å². The smallest absolute Gasteiger partial charge is 0.163 e. The van der Waals surface area contributed by atoms with Gasteiger partial charge in [0.05, 0.1) is 85.0 Å². The van der Waals surface area contributed by atoms with Gasteiger partial charge in [0.15, 0.2) is 5.78 Å². The lowest BCUT2D eigenvalue weighted by atomic mass is 9.81. The summed E-state index contributed by atoms with van der Waals surface area (Å²) in [6.07, 6.45) is 27.5. The molecule has 21 rings (SSSR count). The van der Waals surface area contributed by atoms with Gasteiger partial charge in [-0.05, 0) is 260 Å². The predicted molar refractivity (Wildman–Crippen MR) is 531 cm³/mol. The minimum absolute atomic E-state index is 0.0208. The number of hydrogen-bond donors (Lipinski definition) is 0. The number of carbonyl (C=O) groups excluding carboxylic acids is 4. The molecule has 0 spiro atoms. The molecular formula is C112H122N12O13. The summed E-state index contributed by atoms with van der Waals surface area (Å²) >= 11 is 0. The third-order valence-electron chi connectivity index (χ3n) is 28.9. The summed E-state index contributed by atoms with van der Waals surface area (Å²) in [5.41, 5.74) is 31.5. The molecular weight excluding hydrogens is 1720 g/mol. The van der Waals surface area contributed by atoms with Crippen LogP contribution in [0.25, 0.3) is 133 Å². The number of pyridine rings is 4. The molecule has 16 aromatic rings. The van der Waals surface area contributed by atoms with Crippen molar-refractivity contribution >= 4 is 67.3 Å². The highest BCUT2D eigenvalue weighted by molar-refractivity contribution is 6.02. The van der Waals surface area contributed by atoms with Crippen LogP contribution in [0, 0.1) is 79.1 Å². The lowest BCUT2D eigenvalue weighted by Crippen LogP contribution is -2.26. The first-order valence-corrected chi connectivity index (χ1v) is 48.2. The van der Waals surface area contributed by atoms with E-state index in [2.05, 4.69) is 149 Å². The largest absolute Gasteiger partial charge is 0.496 e. The van der Waals surface area contributed by atoms with Crippen molar-refractivity contribution in [1.82, 2.24) is 58.8 Å². The maximum absolute atomic E-state index is 12.2. The zero-order valence-corrected chi connectivity index (χ0v) is 81.3. The van der Waals surface area contributed by atoms with Crippen LogP contribution in [0.3, 0.4) is 0 Å². The molecule has 708 valence electrons. The second kappa shape index (κ2) is 40.2. The predicted octanol–water partition coefficient (Wildman–Crippen LogP) is 23.4. The SMILES string of the molecule is CC(=O)C(C)(C)c1ccc(-c2cn(CC3CCOCC3)c3cc(-c4c(C)noc4C)cnc23)cc1.CC(=O)C1(c2ccc(-c3cn(CC4CCOCC4)c4cc(-c5c(C)noc5C)cnc34)cc2)CC1.CC(=O)Cc1ccc(-c2cn(CC3CCOCC3)c3cc(-c4c(C)noc4C)cnc23)cc1.COc1cc(-c2cn(CC3CCOCC3)c3cc(-c4c(C)noc4C)cnc23)ccc1C(C)=O. The van der Waals surface area contributed by atoms with E-state index in [0.717, 1.165) is 339 Å². The Morgan fingerprint density at radius 2 is 0.686 bits per heavy atom. The number of methoxy groups -OCH3 is 1. The number of hydrogen-bond acceptors (Lipinski definition) is 21. The molecule has 4 aliphatic heterocycles. The van der Waals surface area contributed by atoms with Crippen molar-refractivity contribution in [3.05, 3.63) is 233 Å². The zero-order valence-electron chi connectivity index (χ0n) is 81.3. The van der Waals surface area contributed by atoms with Gasteiger partial charge in [-0.15, -0.1) is 0 Å². The Labute approximate surface area is 798 Å². The molecule has 5 aliphatic rings. The fourth-order valence-electron chi connectivity index (χ4n) is 20.5. The second-order valence-corrected chi connectivity index (χ2v) is 38.7. The van der Waals surface area contributed by atoms with Crippen molar-refractivity contribution < 1.29 is 61.0 Å². The topological polar surface area (TPSA) is 290 Å². The number of nitrogens with zero attached hydrogens (tertiary/aromatic N) is 12. The highest BCUT2D eigenvalue weighted by atomic mass is 16.5. The van der Waals surface area contributed by atoms with Crippen molar-refractivity contribution in [3.63, 3.8) is 0 Å². The molecule has 0 amide bonds. The first kappa shape index (κ1) is 94.2. The maximum Gasteiger partial charge on any atom is 0.163 e. The van der Waals surface area contributed by atoms with Crippen LogP contribution in [0.2, 0.25) is 0 Å². The number of benzene rings is 4. The van der Waals surface area contributed by atoms with Crippen molar-refractivity contribution in [3.8, 4) is 94.8 Å². The van der Waals surface area contributed by atoms with E-state index in [0.29, 0.717) is 41.4 Å². The van der Waals surface area contributed by atoms with E-state index in [9.17, 15) is 19.2 Å². The molecule has 1 saturated carbocycles. The summed E-state index contributed by atoms with van der Waals surface area (Å²) in [5.74, 6) is 6.65. The Hall–Kier alpha value is -13.2. The van der Waals surface area contributed by atoms with Crippen LogP contribution < -0.4 is 4.74 Å². The van der Waals surface area contributed by atoms with Gasteiger partial charge < -0.3 is 60.0 Å². The summed E-state index contributed by atoms with van der Waals surface area (Å²) in [6, 6.07) is 39.7. The van der Waals surface area contributed by atoms with Crippen molar-refractivity contribution in [2.24, 2.45) is 23.7 Å². The number of fused-ring (bicyclic) bond motifs is 4. The van der Waals surface area contributed by atoms with E-state index in [1.807, 2.05) is 124 Å². The van der Waals surface area contributed by atoms with Gasteiger partial charge in [0.25, 0.3) is 0 Å². The molecule has 137 heavy (non-hydrogen) atoms. The second-order valence-electron chi connectivity index (χ2n) is 38.7. The molecule has 4 aromatic carbocycles. The number of aromatic nitrogens is 12. The third kappa shape index (κ3) is 19.8. The van der Waals surface area contributed by atoms with Gasteiger partial charge in [0.2, 0.25) is 0 Å². The van der Waals surface area contributed by atoms with Crippen molar-refractivity contribution in [1.29, 1.82) is 0 Å². The Morgan fingerprint density at radius 1 is 0.387 bits per heavy atom. The minimum atomic E-state index is -0.503. The highest BCUT2D eigenvalue weighted by Crippen LogP contribution is 2.50. The molecule has 1 aliphatic carbocycles. The van der Waals surface area contributed by atoms with Crippen LogP contribution in [0.15, 0.2) is 183 Å². The molecule has 12 aromatic heterocycles. The van der Waals surface area contributed by atoms with Crippen LogP contribution in [0.4, 0.5) is 0 Å². The quantitative estimate of drug-likeness (QED) is 0.0508. The monoisotopic (exact) mass is 1840 g/mol. The van der Waals surface area contributed by atoms with E-state index >= 15 is 0 Å². The summed E-state index contributed by atoms with van der Waals surface area (Å²) in [4.78, 5) is 67.5. The van der Waals surface area contributed by atoms with Crippen molar-refractivity contribution in [2.45, 2.75) is 205 Å². The standard InChI is InChI=1S/C29H31N3O3.C29H33N3O3.C27H29N3O4.C27H29N3O3/c1-18-27(19(2)35-31-18)23-14-26-28(30-15-23)25(17-32(26)16-21-8-12-34-13-9-21)22-4-6-24(7-5-22)29(10-11-29)20(3)33;1-18-27(19(2)35-31-18)23-14-26-28(30-15-23)25(17-32(26)16-21-10-12-34-13-11-21)22-6-8-24(9-7-22)29(4,5)20(3)33;1-16-26(18(3)34-29-16)21-11-24-27(28-13-21)23(15-30(24)14-19-7-9-33-10-8-19)20-5-6-22(17(2)31)25(12-20)32-4;1-17(31)12-20-4-6-22(7-5-20)24-16-30(15-21-8-10-32-11-9-21)25-13-23(14-28-27(24)25)26-18(2)29-33-19(26)3/h4-7,14-15,17,21H,8-13,16H2,1-3H3;6-9,14-15,17,21H,10-13,16H2,1-5H3;5-6,11-13,15,19H,7-10,14H2,1-4H3;4-7,13-14,16,21H,8-12,15H2,1-3H3. The lowest BCUT2D eigenvalue weighted by molar-refractivity contribution is -0.121. The average Bonchev–Trinajstić information content (AvgIpc) is 1.60. The molecule has 0 atom stereocenters. The molecule has 4 saturated heterocycles. The number of Topliss-reactive ketones (excluding diaryl/α,β-unsaturated/α-hetero) is 4. The molecule has 0 bridgehead atoms. The van der Waals surface area contributed by atoms with Crippen LogP contribution in [-0.2, 0) is 76.8 Å². The zero-order chi connectivity index (χ0) is 95.7. The van der Waals surface area contributed by atoms with Gasteiger partial charge in [-0.1, -0.05) is 99.5 Å². The normalized spacial score (nSPS) is 15.6. The number of ether oxygens (including phenoxy) is 5. The van der Waals surface area contributed by atoms with Gasteiger partial charge in [0, 0.05) is 207 Å². The van der Waals surface area contributed by atoms with Crippen LogP contribution in [-0.4, -0.2) is 142 Å². The lowest BCUT2D eigenvalue weighted by Gasteiger charge is -2.22. The molecule has 5 fully saturated rings. The molecule has 25 nitrogen and oxygen atoms in total. The number of carbonyl (C=O) groups is 4. The molecule has 0 unspecified atom stereocenters. The molecule has 0 radical (unpaired) electrons. The van der Waals surface area contributed by atoms with Crippen LogP contribution >= 0.6 is 0 Å². The minimum Gasteiger partial charge on any atom is -0.496 e. The highest BCUT2D eigenvalue weighted by Gasteiger charge is 2.48. The van der Waals surface area contributed by atoms with E-state index in [-0.39, 0.29) is 28.5 Å². The molecule has 0 N–H and O–H groups in total. The fraction of sp³-hybridized carbons (Fsp3) is 0.393. The van der Waals surface area contributed by atoms with Crippen molar-refractivity contribution in [2.75, 3.05) is 60.0 Å². The molecule has 25 heteroatoms. The Morgan fingerprint density at radius 3 is 0.956 bits per heavy atom. The number of ketones is 4. The first-order chi connectivity index (χ1) is 66.2. The van der Waals surface area contributed by atoms with E-state index in [1.165, 1.54) is 0 Å². The molecule has 16 heterocycles. The summed E-state index contributed by atoms with van der Waals surface area (Å²) in [7, 11) is 1.59. The summed E-state index contributed by atoms with van der Waals surface area (Å²) < 4.78 is 58.9. The summed E-state index contributed by atoms with van der Waals surface area (Å²) in [5, 5.41) is 16.5. The van der Waals surface area contributed by atoms with Crippen LogP contribution in [0.1, 0.15) is 179 Å². The maximum atomic E-state index is 12.2. The van der Waals surface area contributed by atoms with E-state index in [1.54, 1.807) is 34.8 Å². The van der Waals surface area contributed by atoms with E-state index in [4.69, 9.17) is 61.7 Å². The van der Waals surface area contributed by atoms with Gasteiger partial charge >= 0.3 is 0 Å². The average molecular weight is 1840 g/mol. The Kier molecular flexibility index (Phi) is 27.7. The number of rotatable bonds is 24. The Bertz CT molecular complexity index is 6840. The first-order valence-electron chi connectivity index (χ1n) is 48.2. The Balaban J connectivity index is 0.000000122. The van der Waals surface area contributed by atoms with Crippen LogP contribution in [0.5, 0.6) is 5.75 Å². The van der Waals surface area contributed by atoms with E-state index < -0.39 is 5.41 Å². The van der Waals surface area contributed by atoms with Gasteiger partial charge in [-0.2, -0.15) is 0 Å². The number of aryl methyl sites for hydroxylation is 8. The fourth-order valence-corrected chi connectivity index (χ4v) is 20.5. The van der Waals surface area contributed by atoms with Gasteiger partial charge in [-0.3, -0.25) is 39.1 Å². The van der Waals surface area contributed by atoms with Gasteiger partial charge in [-0.25, -0.2) is 0 Å².